The summed E-state index contributed by atoms with van der Waals surface area (Å²) < 4.78 is 21.5. The molecule has 0 N–H and O–H groups in total. The second kappa shape index (κ2) is 1.72. The second-order valence-corrected chi connectivity index (χ2v) is 4.86. The third-order valence-corrected chi connectivity index (χ3v) is 3.97. The van der Waals surface area contributed by atoms with E-state index in [2.05, 4.69) is 0 Å². The van der Waals surface area contributed by atoms with E-state index < -0.39 is 9.84 Å². The molecule has 1 fully saturated rings. The fourth-order valence-electron chi connectivity index (χ4n) is 0.953. The van der Waals surface area contributed by atoms with Gasteiger partial charge in [0.1, 0.15) is 0 Å². The van der Waals surface area contributed by atoms with Crippen LogP contribution in [0.15, 0.2) is 0 Å². The molecule has 0 radical (unpaired) electrons. The Hall–Kier alpha value is -0.0500. The van der Waals surface area contributed by atoms with Crippen LogP contribution in [0.1, 0.15) is 19.8 Å². The first-order valence-electron chi connectivity index (χ1n) is 2.84. The maximum Gasteiger partial charge on any atom is 0.152 e. The maximum atomic E-state index is 10.8. The zero-order valence-electron chi connectivity index (χ0n) is 4.92. The van der Waals surface area contributed by atoms with E-state index in [0.717, 1.165) is 12.8 Å². The lowest BCUT2D eigenvalue weighted by atomic mass is 10.3. The van der Waals surface area contributed by atoms with E-state index in [1.54, 1.807) is 6.92 Å². The molecule has 0 amide bonds. The first kappa shape index (κ1) is 6.08. The van der Waals surface area contributed by atoms with Crippen LogP contribution in [0.2, 0.25) is 0 Å². The van der Waals surface area contributed by atoms with Crippen LogP contribution in [-0.4, -0.2) is 19.4 Å². The largest absolute Gasteiger partial charge is 0.229 e. The number of rotatable bonds is 0. The van der Waals surface area contributed by atoms with Crippen LogP contribution in [0.4, 0.5) is 0 Å². The van der Waals surface area contributed by atoms with Crippen LogP contribution in [0, 0.1) is 0 Å². The van der Waals surface area contributed by atoms with E-state index in [1.807, 2.05) is 0 Å². The zero-order valence-corrected chi connectivity index (χ0v) is 5.74. The van der Waals surface area contributed by atoms with Crippen molar-refractivity contribution < 1.29 is 8.42 Å². The summed E-state index contributed by atoms with van der Waals surface area (Å²) in [5, 5.41) is -0.0671. The van der Waals surface area contributed by atoms with Gasteiger partial charge in [0, 0.05) is 0 Å². The third-order valence-electron chi connectivity index (χ3n) is 1.65. The molecule has 2 nitrogen and oxygen atoms in total. The zero-order chi connectivity index (χ0) is 6.20. The van der Waals surface area contributed by atoms with E-state index in [-0.39, 0.29) is 5.25 Å². The lowest BCUT2D eigenvalue weighted by molar-refractivity contribution is 0.593. The molecule has 0 saturated carbocycles. The van der Waals surface area contributed by atoms with Gasteiger partial charge < -0.3 is 0 Å². The molecule has 0 unspecified atom stereocenters. The van der Waals surface area contributed by atoms with Crippen molar-refractivity contribution in [3.8, 4) is 0 Å². The van der Waals surface area contributed by atoms with Crippen molar-refractivity contribution in [1.82, 2.24) is 0 Å². The summed E-state index contributed by atoms with van der Waals surface area (Å²) >= 11 is 0. The Morgan fingerprint density at radius 3 is 2.25 bits per heavy atom. The summed E-state index contributed by atoms with van der Waals surface area (Å²) in [5.74, 6) is 0.411. The highest BCUT2D eigenvalue weighted by atomic mass is 32.2. The minimum absolute atomic E-state index is 0.0671. The highest BCUT2D eigenvalue weighted by molar-refractivity contribution is 7.92. The molecule has 1 saturated heterocycles. The Bertz CT molecular complexity index is 169. The average molecular weight is 134 g/mol. The number of sulfone groups is 1. The predicted octanol–water partition coefficient (Wildman–Crippen LogP) is 0.584. The quantitative estimate of drug-likeness (QED) is 0.485. The van der Waals surface area contributed by atoms with Crippen molar-refractivity contribution in [2.24, 2.45) is 0 Å². The minimum Gasteiger partial charge on any atom is -0.229 e. The molecule has 0 bridgehead atoms. The molecule has 3 heteroatoms. The highest BCUT2D eigenvalue weighted by Crippen LogP contribution is 2.18. The van der Waals surface area contributed by atoms with Gasteiger partial charge in [-0.25, -0.2) is 8.42 Å². The Balaban J connectivity index is 2.85. The molecule has 0 aromatic rings. The van der Waals surface area contributed by atoms with Crippen LogP contribution in [0.3, 0.4) is 0 Å². The molecule has 1 aliphatic heterocycles. The molecule has 48 valence electrons. The molecule has 0 aromatic heterocycles. The Kier molecular flexibility index (Phi) is 1.31. The van der Waals surface area contributed by atoms with E-state index >= 15 is 0 Å². The van der Waals surface area contributed by atoms with Gasteiger partial charge in [-0.05, 0) is 19.8 Å². The normalized spacial score (nSPS) is 35.4. The van der Waals surface area contributed by atoms with Crippen LogP contribution < -0.4 is 0 Å². The predicted molar refractivity (Wildman–Crippen MR) is 32.5 cm³/mol. The van der Waals surface area contributed by atoms with E-state index in [9.17, 15) is 8.42 Å². The van der Waals surface area contributed by atoms with Crippen molar-refractivity contribution in [3.63, 3.8) is 0 Å². The number of hydrogen-bond donors (Lipinski definition) is 0. The van der Waals surface area contributed by atoms with Crippen LogP contribution in [-0.2, 0) is 9.84 Å². The van der Waals surface area contributed by atoms with Crippen LogP contribution in [0.5, 0.6) is 0 Å². The van der Waals surface area contributed by atoms with Crippen molar-refractivity contribution in [2.45, 2.75) is 25.0 Å². The van der Waals surface area contributed by atoms with Gasteiger partial charge in [0.2, 0.25) is 0 Å². The van der Waals surface area contributed by atoms with Gasteiger partial charge >= 0.3 is 0 Å². The van der Waals surface area contributed by atoms with E-state index in [0.29, 0.717) is 5.75 Å². The molecule has 1 heterocycles. The monoisotopic (exact) mass is 134 g/mol. The fraction of sp³-hybridized carbons (Fsp3) is 1.00. The van der Waals surface area contributed by atoms with Crippen LogP contribution in [0.25, 0.3) is 0 Å². The molecular weight excluding hydrogens is 124 g/mol. The lowest BCUT2D eigenvalue weighted by Gasteiger charge is -1.96. The lowest BCUT2D eigenvalue weighted by Crippen LogP contribution is -2.10. The Morgan fingerprint density at radius 1 is 1.50 bits per heavy atom. The molecule has 1 rings (SSSR count). The SMILES string of the molecule is C[C@@H]1CCCS1(=O)=O. The number of hydrogen-bond acceptors (Lipinski definition) is 2. The van der Waals surface area contributed by atoms with Gasteiger partial charge in [-0.2, -0.15) is 0 Å². The molecule has 0 spiro atoms. The van der Waals surface area contributed by atoms with Gasteiger partial charge in [-0.15, -0.1) is 0 Å². The molecule has 1 aliphatic rings. The van der Waals surface area contributed by atoms with Gasteiger partial charge in [0.15, 0.2) is 9.84 Å². The average Bonchev–Trinajstić information content (AvgIpc) is 1.86. The molecule has 0 aromatic carbocycles. The second-order valence-electron chi connectivity index (χ2n) is 2.32. The molecule has 1 atom stereocenters. The van der Waals surface area contributed by atoms with Crippen molar-refractivity contribution in [3.05, 3.63) is 0 Å². The van der Waals surface area contributed by atoms with Gasteiger partial charge in [-0.1, -0.05) is 0 Å². The van der Waals surface area contributed by atoms with Crippen LogP contribution >= 0.6 is 0 Å². The summed E-state index contributed by atoms with van der Waals surface area (Å²) in [6, 6.07) is 0. The topological polar surface area (TPSA) is 34.1 Å². The smallest absolute Gasteiger partial charge is 0.152 e. The first-order chi connectivity index (χ1) is 3.63. The summed E-state index contributed by atoms with van der Waals surface area (Å²) in [4.78, 5) is 0. The first-order valence-corrected chi connectivity index (χ1v) is 4.56. The Labute approximate surface area is 49.8 Å². The third kappa shape index (κ3) is 0.869. The summed E-state index contributed by atoms with van der Waals surface area (Å²) in [6.07, 6.45) is 1.73. The molecular formula is C5H10O2S. The standard InChI is InChI=1S/C5H10O2S/c1-5-3-2-4-8(5,6)7/h5H,2-4H2,1H3/t5-/m1/s1. The van der Waals surface area contributed by atoms with Crippen molar-refractivity contribution in [2.75, 3.05) is 5.75 Å². The maximum absolute atomic E-state index is 10.8. The molecule has 0 aliphatic carbocycles. The van der Waals surface area contributed by atoms with E-state index in [4.69, 9.17) is 0 Å². The van der Waals surface area contributed by atoms with Gasteiger partial charge in [0.25, 0.3) is 0 Å². The summed E-state index contributed by atoms with van der Waals surface area (Å²) in [6.45, 7) is 1.78. The summed E-state index contributed by atoms with van der Waals surface area (Å²) in [7, 11) is -2.62. The van der Waals surface area contributed by atoms with E-state index in [1.165, 1.54) is 0 Å². The van der Waals surface area contributed by atoms with Crippen molar-refractivity contribution >= 4 is 9.84 Å². The van der Waals surface area contributed by atoms with Gasteiger partial charge in [0.05, 0.1) is 11.0 Å². The highest BCUT2D eigenvalue weighted by Gasteiger charge is 2.26. The summed E-state index contributed by atoms with van der Waals surface area (Å²) in [5.41, 5.74) is 0. The van der Waals surface area contributed by atoms with Gasteiger partial charge in [-0.3, -0.25) is 0 Å². The Morgan fingerprint density at radius 2 is 2.12 bits per heavy atom. The minimum atomic E-state index is -2.62. The van der Waals surface area contributed by atoms with Crippen molar-refractivity contribution in [1.29, 1.82) is 0 Å². The molecule has 8 heavy (non-hydrogen) atoms. The fourth-order valence-corrected chi connectivity index (χ4v) is 2.45.